The lowest BCUT2D eigenvalue weighted by atomic mass is 10.1. The molecule has 0 unspecified atom stereocenters. The van der Waals surface area contributed by atoms with Crippen molar-refractivity contribution < 1.29 is 13.9 Å². The second kappa shape index (κ2) is 9.59. The van der Waals surface area contributed by atoms with E-state index in [4.69, 9.17) is 9.72 Å². The fraction of sp³-hybridized carbons (Fsp3) is 0.320. The van der Waals surface area contributed by atoms with Crippen molar-refractivity contribution in [1.82, 2.24) is 34.9 Å². The van der Waals surface area contributed by atoms with E-state index in [0.29, 0.717) is 35.9 Å². The van der Waals surface area contributed by atoms with Gasteiger partial charge >= 0.3 is 0 Å². The molecule has 2 aliphatic heterocycles. The minimum atomic E-state index is -0.370. The van der Waals surface area contributed by atoms with Crippen LogP contribution in [0.1, 0.15) is 16.1 Å². The van der Waals surface area contributed by atoms with Gasteiger partial charge in [-0.1, -0.05) is 0 Å². The fourth-order valence-electron chi connectivity index (χ4n) is 4.38. The lowest BCUT2D eigenvalue weighted by Crippen LogP contribution is -2.50. The molecule has 0 aliphatic carbocycles. The standard InChI is InChI=1S/C25H25FN8O2/c26-4-6-33-7-8-34-22(15-33)19(14-30-34)20-2-1-17-11-29-23(10-21(17)31-20)32-25(35)16-3-5-28-24(9-16)36-18-12-27-13-18/h1-3,5,9-11,14,18,27H,4,6-8,12-13,15H2,(H,29,32,35). The van der Waals surface area contributed by atoms with Crippen LogP contribution in [0, 0.1) is 0 Å². The number of hydrogen-bond acceptors (Lipinski definition) is 8. The second-order valence-corrected chi connectivity index (χ2v) is 8.89. The summed E-state index contributed by atoms with van der Waals surface area (Å²) in [5, 5.41) is 11.3. The first kappa shape index (κ1) is 22.5. The maximum absolute atomic E-state index is 12.9. The molecule has 10 nitrogen and oxygen atoms in total. The Labute approximate surface area is 206 Å². The zero-order valence-electron chi connectivity index (χ0n) is 19.5. The van der Waals surface area contributed by atoms with Crippen molar-refractivity contribution in [1.29, 1.82) is 0 Å². The summed E-state index contributed by atoms with van der Waals surface area (Å²) in [5.74, 6) is 0.503. The normalized spacial score (nSPS) is 15.9. The van der Waals surface area contributed by atoms with Gasteiger partial charge < -0.3 is 15.4 Å². The van der Waals surface area contributed by atoms with E-state index < -0.39 is 0 Å². The number of carbonyl (C=O) groups is 1. The van der Waals surface area contributed by atoms with E-state index in [1.54, 1.807) is 30.6 Å². The molecule has 0 atom stereocenters. The van der Waals surface area contributed by atoms with E-state index in [2.05, 4.69) is 30.6 Å². The van der Waals surface area contributed by atoms with Gasteiger partial charge in [0.15, 0.2) is 0 Å². The molecule has 1 fully saturated rings. The predicted molar refractivity (Wildman–Crippen MR) is 131 cm³/mol. The van der Waals surface area contributed by atoms with E-state index in [9.17, 15) is 9.18 Å². The van der Waals surface area contributed by atoms with Gasteiger partial charge in [0.25, 0.3) is 5.91 Å². The third-order valence-electron chi connectivity index (χ3n) is 6.47. The third kappa shape index (κ3) is 4.50. The molecule has 2 aliphatic rings. The molecule has 0 radical (unpaired) electrons. The zero-order valence-corrected chi connectivity index (χ0v) is 19.5. The number of ether oxygens (including phenoxy) is 1. The predicted octanol–water partition coefficient (Wildman–Crippen LogP) is 2.28. The van der Waals surface area contributed by atoms with Crippen molar-refractivity contribution in [3.8, 4) is 17.1 Å². The summed E-state index contributed by atoms with van der Waals surface area (Å²) in [4.78, 5) is 28.3. The van der Waals surface area contributed by atoms with Gasteiger partial charge in [0.1, 0.15) is 18.6 Å². The highest BCUT2D eigenvalue weighted by atomic mass is 19.1. The Bertz CT molecular complexity index is 1420. The van der Waals surface area contributed by atoms with Crippen molar-refractivity contribution in [2.24, 2.45) is 0 Å². The molecule has 11 heteroatoms. The van der Waals surface area contributed by atoms with Crippen molar-refractivity contribution in [2.75, 3.05) is 38.2 Å². The Kier molecular flexibility index (Phi) is 5.99. The Morgan fingerprint density at radius 1 is 1.17 bits per heavy atom. The molecule has 4 aromatic heterocycles. The summed E-state index contributed by atoms with van der Waals surface area (Å²) in [6.45, 7) is 3.71. The molecule has 6 heterocycles. The minimum absolute atomic E-state index is 0.0756. The number of aromatic nitrogens is 5. The van der Waals surface area contributed by atoms with E-state index in [1.807, 2.05) is 23.0 Å². The molecule has 2 N–H and O–H groups in total. The van der Waals surface area contributed by atoms with Crippen LogP contribution in [0.5, 0.6) is 5.88 Å². The van der Waals surface area contributed by atoms with Gasteiger partial charge in [-0.3, -0.25) is 14.4 Å². The first-order valence-corrected chi connectivity index (χ1v) is 11.9. The first-order valence-electron chi connectivity index (χ1n) is 11.9. The summed E-state index contributed by atoms with van der Waals surface area (Å²) in [6.07, 6.45) is 5.13. The number of amides is 1. The fourth-order valence-corrected chi connectivity index (χ4v) is 4.38. The zero-order chi connectivity index (χ0) is 24.5. The number of halogens is 1. The highest BCUT2D eigenvalue weighted by Gasteiger charge is 2.22. The Balaban J connectivity index is 1.23. The number of carbonyl (C=O) groups excluding carboxylic acids is 1. The number of hydrogen-bond donors (Lipinski definition) is 2. The van der Waals surface area contributed by atoms with Crippen LogP contribution in [0.4, 0.5) is 10.2 Å². The molecule has 36 heavy (non-hydrogen) atoms. The molecule has 0 aromatic carbocycles. The van der Waals surface area contributed by atoms with Crippen LogP contribution in [0.3, 0.4) is 0 Å². The Hall–Kier alpha value is -3.96. The van der Waals surface area contributed by atoms with E-state index >= 15 is 0 Å². The van der Waals surface area contributed by atoms with Crippen LogP contribution < -0.4 is 15.4 Å². The van der Waals surface area contributed by atoms with Gasteiger partial charge in [0, 0.05) is 73.8 Å². The molecule has 1 amide bonds. The van der Waals surface area contributed by atoms with Crippen LogP contribution >= 0.6 is 0 Å². The average Bonchev–Trinajstić information content (AvgIpc) is 3.29. The molecule has 1 saturated heterocycles. The van der Waals surface area contributed by atoms with Gasteiger partial charge in [-0.15, -0.1) is 0 Å². The maximum atomic E-state index is 12.9. The van der Waals surface area contributed by atoms with E-state index in [1.165, 1.54) is 0 Å². The number of nitrogens with one attached hydrogen (secondary N) is 2. The SMILES string of the molecule is O=C(Nc1cc2nc(-c3cnn4c3CN(CCF)CC4)ccc2cn1)c1ccnc(OC2CNC2)c1. The minimum Gasteiger partial charge on any atom is -0.472 e. The summed E-state index contributed by atoms with van der Waals surface area (Å²) in [5.41, 5.74) is 3.85. The number of nitrogens with zero attached hydrogens (tertiary/aromatic N) is 6. The largest absolute Gasteiger partial charge is 0.472 e. The van der Waals surface area contributed by atoms with Crippen LogP contribution in [0.2, 0.25) is 0 Å². The highest BCUT2D eigenvalue weighted by Crippen LogP contribution is 2.28. The van der Waals surface area contributed by atoms with Crippen molar-refractivity contribution in [2.45, 2.75) is 19.2 Å². The van der Waals surface area contributed by atoms with Crippen molar-refractivity contribution in [3.05, 3.63) is 60.2 Å². The Morgan fingerprint density at radius 2 is 2.08 bits per heavy atom. The van der Waals surface area contributed by atoms with Gasteiger partial charge in [-0.25, -0.2) is 19.3 Å². The van der Waals surface area contributed by atoms with Crippen LogP contribution in [0.25, 0.3) is 22.2 Å². The number of rotatable bonds is 7. The van der Waals surface area contributed by atoms with Gasteiger partial charge in [-0.2, -0.15) is 5.10 Å². The molecule has 0 bridgehead atoms. The van der Waals surface area contributed by atoms with Gasteiger partial charge in [0.2, 0.25) is 5.88 Å². The third-order valence-corrected chi connectivity index (χ3v) is 6.47. The van der Waals surface area contributed by atoms with Crippen LogP contribution in [0.15, 0.2) is 48.9 Å². The smallest absolute Gasteiger partial charge is 0.257 e. The lowest BCUT2D eigenvalue weighted by molar-refractivity contribution is 0.102. The number of alkyl halides is 1. The van der Waals surface area contributed by atoms with Crippen molar-refractivity contribution in [3.63, 3.8) is 0 Å². The summed E-state index contributed by atoms with van der Waals surface area (Å²) >= 11 is 0. The second-order valence-electron chi connectivity index (χ2n) is 8.89. The topological polar surface area (TPSA) is 110 Å². The van der Waals surface area contributed by atoms with E-state index in [-0.39, 0.29) is 18.7 Å². The summed E-state index contributed by atoms with van der Waals surface area (Å²) in [6, 6.07) is 8.89. The number of pyridine rings is 3. The van der Waals surface area contributed by atoms with Crippen LogP contribution in [-0.4, -0.2) is 74.5 Å². The van der Waals surface area contributed by atoms with E-state index in [0.717, 1.165) is 48.5 Å². The number of anilines is 1. The lowest BCUT2D eigenvalue weighted by Gasteiger charge is -2.27. The first-order chi connectivity index (χ1) is 17.7. The highest BCUT2D eigenvalue weighted by molar-refractivity contribution is 6.04. The monoisotopic (exact) mass is 488 g/mol. The molecule has 184 valence electrons. The molecule has 0 saturated carbocycles. The molecule has 6 rings (SSSR count). The Morgan fingerprint density at radius 3 is 2.92 bits per heavy atom. The molecular weight excluding hydrogens is 463 g/mol. The molecule has 0 spiro atoms. The maximum Gasteiger partial charge on any atom is 0.257 e. The van der Waals surface area contributed by atoms with Gasteiger partial charge in [0.05, 0.1) is 29.6 Å². The number of fused-ring (bicyclic) bond motifs is 2. The van der Waals surface area contributed by atoms with Crippen LogP contribution in [-0.2, 0) is 13.1 Å². The molecular formula is C25H25FN8O2. The quantitative estimate of drug-likeness (QED) is 0.408. The van der Waals surface area contributed by atoms with Crippen molar-refractivity contribution >= 4 is 22.6 Å². The average molecular weight is 489 g/mol. The summed E-state index contributed by atoms with van der Waals surface area (Å²) in [7, 11) is 0. The molecule has 4 aromatic rings. The summed E-state index contributed by atoms with van der Waals surface area (Å²) < 4.78 is 20.6. The van der Waals surface area contributed by atoms with Gasteiger partial charge in [-0.05, 0) is 18.2 Å².